The van der Waals surface area contributed by atoms with E-state index in [1.807, 2.05) is 24.3 Å². The van der Waals surface area contributed by atoms with E-state index < -0.39 is 0 Å². The quantitative estimate of drug-likeness (QED) is 0.881. The molecule has 0 aromatic heterocycles. The summed E-state index contributed by atoms with van der Waals surface area (Å²) in [6, 6.07) is 3.90. The molecule has 0 radical (unpaired) electrons. The molecular weight excluding hydrogens is 246 g/mol. The van der Waals surface area contributed by atoms with E-state index in [1.165, 1.54) is 0 Å². The van der Waals surface area contributed by atoms with Gasteiger partial charge in [0.25, 0.3) is 0 Å². The first kappa shape index (κ1) is 9.55. The number of rotatable bonds is 2. The molecule has 1 aliphatic heterocycles. The summed E-state index contributed by atoms with van der Waals surface area (Å²) < 4.78 is 11.5. The molecule has 0 atom stereocenters. The van der Waals surface area contributed by atoms with Crippen LogP contribution in [0.1, 0.15) is 5.56 Å². The lowest BCUT2D eigenvalue weighted by Crippen LogP contribution is -1.93. The first-order valence-electron chi connectivity index (χ1n) is 4.27. The Labute approximate surface area is 90.6 Å². The Bertz CT molecular complexity index is 377. The second-order valence-corrected chi connectivity index (χ2v) is 3.73. The minimum absolute atomic E-state index is 0.290. The molecule has 2 rings (SSSR count). The van der Waals surface area contributed by atoms with Gasteiger partial charge in [-0.2, -0.15) is 0 Å². The Morgan fingerprint density at radius 3 is 3.07 bits per heavy atom. The monoisotopic (exact) mass is 255 g/mol. The lowest BCUT2D eigenvalue weighted by atomic mass is 10.2. The van der Waals surface area contributed by atoms with Crippen LogP contribution < -0.4 is 15.2 Å². The minimum Gasteiger partial charge on any atom is -0.454 e. The molecule has 0 bridgehead atoms. The number of hydrogen-bond acceptors (Lipinski definition) is 3. The molecule has 3 nitrogen and oxygen atoms in total. The molecule has 0 fully saturated rings. The summed E-state index contributed by atoms with van der Waals surface area (Å²) in [4.78, 5) is 0. The van der Waals surface area contributed by atoms with Crippen LogP contribution in [-0.4, -0.2) is 13.3 Å². The zero-order valence-electron chi connectivity index (χ0n) is 7.50. The molecule has 1 aromatic carbocycles. The second-order valence-electron chi connectivity index (χ2n) is 2.87. The summed E-state index contributed by atoms with van der Waals surface area (Å²) >= 11 is 3.42. The first-order chi connectivity index (χ1) is 6.81. The molecule has 2 N–H and O–H groups in total. The van der Waals surface area contributed by atoms with Crippen molar-refractivity contribution in [3.8, 4) is 11.5 Å². The van der Waals surface area contributed by atoms with Crippen molar-refractivity contribution in [3.63, 3.8) is 0 Å². The van der Waals surface area contributed by atoms with Gasteiger partial charge in [-0.15, -0.1) is 0 Å². The highest BCUT2D eigenvalue weighted by molar-refractivity contribution is 9.10. The van der Waals surface area contributed by atoms with Crippen molar-refractivity contribution in [2.45, 2.75) is 0 Å². The fourth-order valence-corrected chi connectivity index (χ4v) is 1.86. The average molecular weight is 256 g/mol. The van der Waals surface area contributed by atoms with Crippen LogP contribution in [0.4, 0.5) is 0 Å². The second kappa shape index (κ2) is 4.02. The van der Waals surface area contributed by atoms with E-state index in [9.17, 15) is 0 Å². The molecule has 0 unspecified atom stereocenters. The largest absolute Gasteiger partial charge is 0.454 e. The molecule has 0 saturated heterocycles. The Balaban J connectivity index is 2.37. The van der Waals surface area contributed by atoms with Gasteiger partial charge < -0.3 is 15.2 Å². The number of ether oxygens (including phenoxy) is 2. The maximum absolute atomic E-state index is 5.37. The maximum atomic E-state index is 5.37. The van der Waals surface area contributed by atoms with Gasteiger partial charge in [-0.05, 0) is 33.6 Å². The Morgan fingerprint density at radius 1 is 1.43 bits per heavy atom. The van der Waals surface area contributed by atoms with E-state index in [-0.39, 0.29) is 6.79 Å². The van der Waals surface area contributed by atoms with E-state index in [0.29, 0.717) is 6.54 Å². The van der Waals surface area contributed by atoms with Gasteiger partial charge in [0.2, 0.25) is 6.79 Å². The molecule has 0 aliphatic carbocycles. The van der Waals surface area contributed by atoms with E-state index in [4.69, 9.17) is 15.2 Å². The predicted octanol–water partition coefficient (Wildman–Crippen LogP) is 2.15. The van der Waals surface area contributed by atoms with Gasteiger partial charge in [0, 0.05) is 6.54 Å². The smallest absolute Gasteiger partial charge is 0.231 e. The zero-order valence-corrected chi connectivity index (χ0v) is 9.08. The fourth-order valence-electron chi connectivity index (χ4n) is 1.29. The molecule has 0 saturated carbocycles. The molecule has 1 aromatic rings. The van der Waals surface area contributed by atoms with Gasteiger partial charge in [0.1, 0.15) is 0 Å². The lowest BCUT2D eigenvalue weighted by molar-refractivity contribution is 0.173. The SMILES string of the molecule is NCC=Cc1cc(Br)c2c(c1)OCO2. The van der Waals surface area contributed by atoms with Crippen LogP contribution in [0.2, 0.25) is 0 Å². The highest BCUT2D eigenvalue weighted by atomic mass is 79.9. The lowest BCUT2D eigenvalue weighted by Gasteiger charge is -2.00. The van der Waals surface area contributed by atoms with Crippen molar-refractivity contribution in [1.29, 1.82) is 0 Å². The molecule has 74 valence electrons. The van der Waals surface area contributed by atoms with Crippen molar-refractivity contribution < 1.29 is 9.47 Å². The van der Waals surface area contributed by atoms with E-state index in [1.54, 1.807) is 0 Å². The van der Waals surface area contributed by atoms with Crippen LogP contribution in [-0.2, 0) is 0 Å². The fraction of sp³-hybridized carbons (Fsp3) is 0.200. The van der Waals surface area contributed by atoms with Crippen molar-refractivity contribution in [2.75, 3.05) is 13.3 Å². The summed E-state index contributed by atoms with van der Waals surface area (Å²) in [6.07, 6.45) is 3.84. The number of hydrogen-bond donors (Lipinski definition) is 1. The Hall–Kier alpha value is -1.00. The average Bonchev–Trinajstić information content (AvgIpc) is 2.63. The highest BCUT2D eigenvalue weighted by Crippen LogP contribution is 2.40. The summed E-state index contributed by atoms with van der Waals surface area (Å²) in [6.45, 7) is 0.823. The predicted molar refractivity (Wildman–Crippen MR) is 58.4 cm³/mol. The number of fused-ring (bicyclic) bond motifs is 1. The topological polar surface area (TPSA) is 44.5 Å². The van der Waals surface area contributed by atoms with Crippen LogP contribution >= 0.6 is 15.9 Å². The number of benzene rings is 1. The number of halogens is 1. The summed E-state index contributed by atoms with van der Waals surface area (Å²) in [5.41, 5.74) is 6.42. The van der Waals surface area contributed by atoms with E-state index in [0.717, 1.165) is 21.5 Å². The first-order valence-corrected chi connectivity index (χ1v) is 5.06. The third-order valence-electron chi connectivity index (χ3n) is 1.90. The summed E-state index contributed by atoms with van der Waals surface area (Å²) in [5, 5.41) is 0. The Morgan fingerprint density at radius 2 is 2.29 bits per heavy atom. The molecule has 0 amide bonds. The molecule has 14 heavy (non-hydrogen) atoms. The summed E-state index contributed by atoms with van der Waals surface area (Å²) in [5.74, 6) is 1.55. The van der Waals surface area contributed by atoms with Crippen LogP contribution in [0.5, 0.6) is 11.5 Å². The maximum Gasteiger partial charge on any atom is 0.231 e. The third kappa shape index (κ3) is 1.76. The molecule has 1 heterocycles. The van der Waals surface area contributed by atoms with Crippen molar-refractivity contribution in [2.24, 2.45) is 5.73 Å². The minimum atomic E-state index is 0.290. The summed E-state index contributed by atoms with van der Waals surface area (Å²) in [7, 11) is 0. The molecule has 4 heteroatoms. The van der Waals surface area contributed by atoms with Crippen LogP contribution in [0.25, 0.3) is 6.08 Å². The highest BCUT2D eigenvalue weighted by Gasteiger charge is 2.16. The van der Waals surface area contributed by atoms with E-state index in [2.05, 4.69) is 15.9 Å². The van der Waals surface area contributed by atoms with Crippen molar-refractivity contribution in [1.82, 2.24) is 0 Å². The van der Waals surface area contributed by atoms with Crippen molar-refractivity contribution in [3.05, 3.63) is 28.2 Å². The van der Waals surface area contributed by atoms with Gasteiger partial charge in [0.15, 0.2) is 11.5 Å². The van der Waals surface area contributed by atoms with Crippen LogP contribution in [0.3, 0.4) is 0 Å². The third-order valence-corrected chi connectivity index (χ3v) is 2.48. The normalized spacial score (nSPS) is 13.9. The van der Waals surface area contributed by atoms with Gasteiger partial charge in [-0.25, -0.2) is 0 Å². The van der Waals surface area contributed by atoms with E-state index >= 15 is 0 Å². The van der Waals surface area contributed by atoms with Crippen LogP contribution in [0, 0.1) is 0 Å². The Kier molecular flexibility index (Phi) is 2.74. The van der Waals surface area contributed by atoms with Gasteiger partial charge in [-0.1, -0.05) is 12.2 Å². The standard InChI is InChI=1S/C10H10BrNO2/c11-8-4-7(2-1-3-12)5-9-10(8)14-6-13-9/h1-2,4-5H,3,6,12H2. The molecule has 0 spiro atoms. The van der Waals surface area contributed by atoms with Crippen molar-refractivity contribution >= 4 is 22.0 Å². The van der Waals surface area contributed by atoms with Gasteiger partial charge >= 0.3 is 0 Å². The van der Waals surface area contributed by atoms with Crippen LogP contribution in [0.15, 0.2) is 22.7 Å². The molecule has 1 aliphatic rings. The number of nitrogens with two attached hydrogens (primary N) is 1. The van der Waals surface area contributed by atoms with Gasteiger partial charge in [-0.3, -0.25) is 0 Å². The molecular formula is C10H10BrNO2. The van der Waals surface area contributed by atoms with Gasteiger partial charge in [0.05, 0.1) is 4.47 Å². The zero-order chi connectivity index (χ0) is 9.97.